The number of anilines is 1. The normalized spacial score (nSPS) is 24.9. The van der Waals surface area contributed by atoms with Crippen LogP contribution in [0, 0.1) is 0 Å². The lowest BCUT2D eigenvalue weighted by atomic mass is 9.58. The second kappa shape index (κ2) is 12.5. The van der Waals surface area contributed by atoms with Gasteiger partial charge in [-0.2, -0.15) is 0 Å². The molecule has 2 aromatic carbocycles. The summed E-state index contributed by atoms with van der Waals surface area (Å²) in [5.74, 6) is -1.17. The van der Waals surface area contributed by atoms with Crippen molar-refractivity contribution in [1.82, 2.24) is 15.1 Å². The number of benzene rings is 2. The predicted octanol–water partition coefficient (Wildman–Crippen LogP) is 4.37. The minimum atomic E-state index is -1.19. The van der Waals surface area contributed by atoms with Gasteiger partial charge >= 0.3 is 0 Å². The van der Waals surface area contributed by atoms with E-state index >= 15 is 0 Å². The number of nitrogens with zero attached hydrogens (tertiary/aromatic N) is 2. The van der Waals surface area contributed by atoms with E-state index in [2.05, 4.69) is 15.5 Å². The standard InChI is InChI=1S/C31H36Cl2N4O4/c1-3-20(4-2)29-31(24-9-8-23(33)17-26(24)35-30(31)40)25(21-6-5-7-22(32)16-21)18-28(39)37(29)19-27(38)34-10-11-36-12-14-41-15-13-36/h3,5-9,16-17,25,29H,4,10-15,18-19H2,1-2H3,(H,34,38)(H,35,40)/b20-3+/t25-,29+,31-/m0/s1. The minimum Gasteiger partial charge on any atom is -0.379 e. The number of carbonyl (C=O) groups excluding carboxylic acids is 3. The van der Waals surface area contributed by atoms with E-state index in [1.165, 1.54) is 0 Å². The van der Waals surface area contributed by atoms with Gasteiger partial charge in [0.05, 0.1) is 19.3 Å². The number of rotatable bonds is 8. The van der Waals surface area contributed by atoms with Crippen LogP contribution in [0.15, 0.2) is 54.1 Å². The van der Waals surface area contributed by atoms with Crippen LogP contribution in [0.5, 0.6) is 0 Å². The Morgan fingerprint density at radius 3 is 2.61 bits per heavy atom. The summed E-state index contributed by atoms with van der Waals surface area (Å²) in [7, 11) is 0. The molecule has 0 radical (unpaired) electrons. The van der Waals surface area contributed by atoms with E-state index in [4.69, 9.17) is 27.9 Å². The Kier molecular flexibility index (Phi) is 9.04. The Bertz CT molecular complexity index is 1360. The van der Waals surface area contributed by atoms with Crippen LogP contribution in [0.4, 0.5) is 5.69 Å². The Hall–Kier alpha value is -2.91. The molecule has 5 rings (SSSR count). The van der Waals surface area contributed by atoms with Gasteiger partial charge in [0, 0.05) is 54.3 Å². The van der Waals surface area contributed by atoms with Crippen LogP contribution in [0.1, 0.15) is 43.7 Å². The van der Waals surface area contributed by atoms with Crippen molar-refractivity contribution >= 4 is 46.6 Å². The number of hydrogen-bond acceptors (Lipinski definition) is 5. The molecule has 0 saturated carbocycles. The Labute approximate surface area is 251 Å². The lowest BCUT2D eigenvalue weighted by Gasteiger charge is -2.52. The van der Waals surface area contributed by atoms with Crippen molar-refractivity contribution in [3.05, 3.63) is 75.3 Å². The summed E-state index contributed by atoms with van der Waals surface area (Å²) < 4.78 is 5.40. The van der Waals surface area contributed by atoms with Crippen molar-refractivity contribution in [2.75, 3.05) is 51.3 Å². The molecule has 218 valence electrons. The Balaban J connectivity index is 1.55. The molecule has 10 heteroatoms. The molecule has 2 N–H and O–H groups in total. The molecule has 0 aliphatic carbocycles. The number of hydrogen-bond donors (Lipinski definition) is 2. The maximum Gasteiger partial charge on any atom is 0.239 e. The monoisotopic (exact) mass is 598 g/mol. The van der Waals surface area contributed by atoms with Crippen LogP contribution >= 0.6 is 23.2 Å². The average Bonchev–Trinajstić information content (AvgIpc) is 3.23. The fourth-order valence-corrected chi connectivity index (χ4v) is 7.07. The molecule has 41 heavy (non-hydrogen) atoms. The number of allylic oxidation sites excluding steroid dienone is 1. The Morgan fingerprint density at radius 1 is 1.15 bits per heavy atom. The van der Waals surface area contributed by atoms with E-state index < -0.39 is 17.4 Å². The zero-order valence-corrected chi connectivity index (χ0v) is 24.9. The highest BCUT2D eigenvalue weighted by Gasteiger charge is 2.63. The topological polar surface area (TPSA) is 91.0 Å². The summed E-state index contributed by atoms with van der Waals surface area (Å²) in [6, 6.07) is 12.1. The van der Waals surface area contributed by atoms with Crippen molar-refractivity contribution < 1.29 is 19.1 Å². The van der Waals surface area contributed by atoms with Gasteiger partial charge in [-0.1, -0.05) is 60.0 Å². The van der Waals surface area contributed by atoms with Gasteiger partial charge in [-0.3, -0.25) is 19.3 Å². The lowest BCUT2D eigenvalue weighted by Crippen LogP contribution is -2.65. The predicted molar refractivity (Wildman–Crippen MR) is 160 cm³/mol. The number of likely N-dealkylation sites (tertiary alicyclic amines) is 1. The van der Waals surface area contributed by atoms with Crippen LogP contribution in [0.3, 0.4) is 0 Å². The first-order valence-corrected chi connectivity index (χ1v) is 14.9. The highest BCUT2D eigenvalue weighted by molar-refractivity contribution is 6.31. The molecule has 3 amide bonds. The van der Waals surface area contributed by atoms with Gasteiger partial charge in [0.1, 0.15) is 12.0 Å². The molecule has 8 nitrogen and oxygen atoms in total. The number of fused-ring (bicyclic) bond motifs is 2. The molecule has 3 atom stereocenters. The quantitative estimate of drug-likeness (QED) is 0.440. The molecule has 2 saturated heterocycles. The molecule has 2 fully saturated rings. The molecule has 1 spiro atoms. The number of nitrogens with one attached hydrogen (secondary N) is 2. The first-order valence-electron chi connectivity index (χ1n) is 14.2. The third-order valence-corrected chi connectivity index (χ3v) is 9.06. The maximum absolute atomic E-state index is 14.4. The summed E-state index contributed by atoms with van der Waals surface area (Å²) in [6.45, 7) is 7.97. The first kappa shape index (κ1) is 29.6. The highest BCUT2D eigenvalue weighted by atomic mass is 35.5. The number of morpholine rings is 1. The molecule has 0 unspecified atom stereocenters. The van der Waals surface area contributed by atoms with Crippen molar-refractivity contribution in [2.45, 2.75) is 44.1 Å². The third-order valence-electron chi connectivity index (χ3n) is 8.59. The van der Waals surface area contributed by atoms with Gasteiger partial charge in [-0.25, -0.2) is 0 Å². The molecule has 3 heterocycles. The van der Waals surface area contributed by atoms with E-state index in [0.717, 1.165) is 29.8 Å². The number of amides is 3. The van der Waals surface area contributed by atoms with Crippen molar-refractivity contribution in [3.8, 4) is 0 Å². The number of carbonyl (C=O) groups is 3. The second-order valence-corrected chi connectivity index (χ2v) is 11.6. The highest BCUT2D eigenvalue weighted by Crippen LogP contribution is 2.57. The molecular weight excluding hydrogens is 563 g/mol. The first-order chi connectivity index (χ1) is 19.8. The summed E-state index contributed by atoms with van der Waals surface area (Å²) in [4.78, 5) is 45.5. The molecule has 2 aromatic rings. The van der Waals surface area contributed by atoms with E-state index in [0.29, 0.717) is 48.5 Å². The zero-order valence-electron chi connectivity index (χ0n) is 23.4. The molecule has 0 bridgehead atoms. The second-order valence-electron chi connectivity index (χ2n) is 10.8. The van der Waals surface area contributed by atoms with E-state index in [1.807, 2.05) is 44.2 Å². The fraction of sp³-hybridized carbons (Fsp3) is 0.452. The molecule has 0 aromatic heterocycles. The van der Waals surface area contributed by atoms with Gasteiger partial charge in [-0.05, 0) is 48.7 Å². The fourth-order valence-electron chi connectivity index (χ4n) is 6.70. The van der Waals surface area contributed by atoms with Gasteiger partial charge < -0.3 is 20.3 Å². The van der Waals surface area contributed by atoms with Gasteiger partial charge in [0.25, 0.3) is 0 Å². The van der Waals surface area contributed by atoms with Gasteiger partial charge in [0.15, 0.2) is 0 Å². The molecule has 3 aliphatic rings. The SMILES string of the molecule is C/C=C(\CC)[C@H]1N(CC(=O)NCCN2CCOCC2)C(=O)C[C@@H](c2cccc(Cl)c2)[C@]12C(=O)Nc1cc(Cl)ccc12. The largest absolute Gasteiger partial charge is 0.379 e. The van der Waals surface area contributed by atoms with Crippen LogP contribution in [0.2, 0.25) is 10.0 Å². The van der Waals surface area contributed by atoms with Gasteiger partial charge in [0.2, 0.25) is 17.7 Å². The Morgan fingerprint density at radius 2 is 1.90 bits per heavy atom. The van der Waals surface area contributed by atoms with Crippen LogP contribution in [-0.2, 0) is 24.5 Å². The van der Waals surface area contributed by atoms with Crippen LogP contribution in [-0.4, -0.2) is 79.5 Å². The lowest BCUT2D eigenvalue weighted by molar-refractivity contribution is -0.147. The summed E-state index contributed by atoms with van der Waals surface area (Å²) in [5, 5.41) is 7.09. The van der Waals surface area contributed by atoms with Crippen molar-refractivity contribution in [1.29, 1.82) is 0 Å². The number of halogens is 2. The van der Waals surface area contributed by atoms with E-state index in [-0.39, 0.29) is 30.7 Å². The summed E-state index contributed by atoms with van der Waals surface area (Å²) in [5.41, 5.74) is 1.90. The smallest absolute Gasteiger partial charge is 0.239 e. The average molecular weight is 600 g/mol. The van der Waals surface area contributed by atoms with Crippen molar-refractivity contribution in [2.24, 2.45) is 0 Å². The minimum absolute atomic E-state index is 0.0497. The van der Waals surface area contributed by atoms with Crippen molar-refractivity contribution in [3.63, 3.8) is 0 Å². The van der Waals surface area contributed by atoms with Crippen LogP contribution < -0.4 is 10.6 Å². The molecule has 3 aliphatic heterocycles. The van der Waals surface area contributed by atoms with Crippen LogP contribution in [0.25, 0.3) is 0 Å². The third kappa shape index (κ3) is 5.63. The molecular formula is C31H36Cl2N4O4. The number of piperidine rings is 1. The summed E-state index contributed by atoms with van der Waals surface area (Å²) in [6.07, 6.45) is 2.61. The van der Waals surface area contributed by atoms with E-state index in [9.17, 15) is 14.4 Å². The van der Waals surface area contributed by atoms with Gasteiger partial charge in [-0.15, -0.1) is 0 Å². The maximum atomic E-state index is 14.4. The number of ether oxygens (including phenoxy) is 1. The van der Waals surface area contributed by atoms with E-state index in [1.54, 1.807) is 23.1 Å². The zero-order chi connectivity index (χ0) is 29.1. The summed E-state index contributed by atoms with van der Waals surface area (Å²) >= 11 is 12.8.